The summed E-state index contributed by atoms with van der Waals surface area (Å²) in [4.78, 5) is 15.5. The molecule has 0 aliphatic rings. The fourth-order valence-electron chi connectivity index (χ4n) is 2.05. The lowest BCUT2D eigenvalue weighted by Crippen LogP contribution is -2.42. The van der Waals surface area contributed by atoms with E-state index in [4.69, 9.17) is 0 Å². The predicted molar refractivity (Wildman–Crippen MR) is 72.6 cm³/mol. The lowest BCUT2D eigenvalue weighted by molar-refractivity contribution is -0.147. The van der Waals surface area contributed by atoms with Crippen molar-refractivity contribution in [1.29, 1.82) is 0 Å². The zero-order chi connectivity index (χ0) is 15.8. The Morgan fingerprint density at radius 1 is 1.24 bits per heavy atom. The third kappa shape index (κ3) is 3.53. The molecule has 0 saturated heterocycles. The average molecular weight is 299 g/mol. The Balaban J connectivity index is 2.44. The summed E-state index contributed by atoms with van der Waals surface area (Å²) in [6.45, 7) is 4.87. The number of carbonyl (C=O) groups is 1. The van der Waals surface area contributed by atoms with Crippen molar-refractivity contribution in [3.63, 3.8) is 0 Å². The molecule has 0 radical (unpaired) electrons. The molecule has 0 aliphatic heterocycles. The third-order valence-corrected chi connectivity index (χ3v) is 2.72. The molecule has 0 fully saturated rings. The fourth-order valence-corrected chi connectivity index (χ4v) is 2.05. The number of alkyl halides is 3. The van der Waals surface area contributed by atoms with E-state index in [0.717, 1.165) is 4.57 Å². The van der Waals surface area contributed by atoms with E-state index in [9.17, 15) is 18.0 Å². The smallest absolute Gasteiger partial charge is 0.350 e. The second-order valence-electron chi connectivity index (χ2n) is 5.81. The number of amides is 1. The van der Waals surface area contributed by atoms with Crippen LogP contribution in [0, 0.1) is 0 Å². The topological polar surface area (TPSA) is 46.9 Å². The summed E-state index contributed by atoms with van der Waals surface area (Å²) in [6, 6.07) is 6.22. The minimum Gasteiger partial charge on any atom is -0.350 e. The first-order valence-electron chi connectivity index (χ1n) is 6.41. The van der Waals surface area contributed by atoms with Crippen molar-refractivity contribution in [1.82, 2.24) is 14.9 Å². The summed E-state index contributed by atoms with van der Waals surface area (Å²) >= 11 is 0. The van der Waals surface area contributed by atoms with Crippen LogP contribution in [0.2, 0.25) is 0 Å². The largest absolute Gasteiger partial charge is 0.449 e. The van der Waals surface area contributed by atoms with E-state index < -0.39 is 30.0 Å². The summed E-state index contributed by atoms with van der Waals surface area (Å²) in [7, 11) is 0. The number of hydrogen-bond acceptors (Lipinski definition) is 2. The van der Waals surface area contributed by atoms with Gasteiger partial charge in [0.15, 0.2) is 0 Å². The minimum absolute atomic E-state index is 0.216. The van der Waals surface area contributed by atoms with Gasteiger partial charge in [0.1, 0.15) is 6.54 Å². The van der Waals surface area contributed by atoms with Crippen molar-refractivity contribution in [2.75, 3.05) is 0 Å². The first-order chi connectivity index (χ1) is 9.58. The first-order valence-corrected chi connectivity index (χ1v) is 6.41. The van der Waals surface area contributed by atoms with E-state index in [2.05, 4.69) is 10.3 Å². The number of fused-ring (bicyclic) bond motifs is 1. The van der Waals surface area contributed by atoms with Crippen LogP contribution in [-0.2, 0) is 17.5 Å². The van der Waals surface area contributed by atoms with Crippen LogP contribution in [0.3, 0.4) is 0 Å². The molecule has 0 aliphatic carbocycles. The molecule has 2 rings (SSSR count). The molecular weight excluding hydrogens is 283 g/mol. The summed E-state index contributed by atoms with van der Waals surface area (Å²) in [5.74, 6) is -1.55. The highest BCUT2D eigenvalue weighted by Gasteiger charge is 2.38. The second-order valence-corrected chi connectivity index (χ2v) is 5.81. The van der Waals surface area contributed by atoms with Gasteiger partial charge in [0.25, 0.3) is 0 Å². The van der Waals surface area contributed by atoms with Gasteiger partial charge in [-0.25, -0.2) is 4.98 Å². The maximum Gasteiger partial charge on any atom is 0.449 e. The van der Waals surface area contributed by atoms with Gasteiger partial charge in [-0.3, -0.25) is 4.79 Å². The number of benzene rings is 1. The number of nitrogens with zero attached hydrogens (tertiary/aromatic N) is 2. The van der Waals surface area contributed by atoms with Gasteiger partial charge in [-0.05, 0) is 32.9 Å². The SMILES string of the molecule is CC(C)(C)NC(=O)Cn1c(C(F)(F)F)nc2ccccc21. The van der Waals surface area contributed by atoms with Crippen LogP contribution in [0.1, 0.15) is 26.6 Å². The van der Waals surface area contributed by atoms with Crippen LogP contribution in [0.25, 0.3) is 11.0 Å². The maximum atomic E-state index is 13.1. The molecule has 21 heavy (non-hydrogen) atoms. The van der Waals surface area contributed by atoms with Gasteiger partial charge < -0.3 is 9.88 Å². The standard InChI is InChI=1S/C14H16F3N3O/c1-13(2,3)19-11(21)8-20-10-7-5-4-6-9(10)18-12(20)14(15,16)17/h4-7H,8H2,1-3H3,(H,19,21). The molecule has 0 bridgehead atoms. The molecule has 0 unspecified atom stereocenters. The number of rotatable bonds is 2. The van der Waals surface area contributed by atoms with E-state index in [1.807, 2.05) is 0 Å². The average Bonchev–Trinajstić information content (AvgIpc) is 2.66. The summed E-state index contributed by atoms with van der Waals surface area (Å²) < 4.78 is 40.1. The first kappa shape index (κ1) is 15.3. The minimum atomic E-state index is -4.61. The fraction of sp³-hybridized carbons (Fsp3) is 0.429. The summed E-state index contributed by atoms with van der Waals surface area (Å²) in [6.07, 6.45) is -4.61. The molecule has 4 nitrogen and oxygen atoms in total. The number of nitrogens with one attached hydrogen (secondary N) is 1. The highest BCUT2D eigenvalue weighted by atomic mass is 19.4. The predicted octanol–water partition coefficient (Wildman–Crippen LogP) is 2.97. The van der Waals surface area contributed by atoms with E-state index in [1.165, 1.54) is 12.1 Å². The van der Waals surface area contributed by atoms with Crippen molar-refractivity contribution < 1.29 is 18.0 Å². The number of carbonyl (C=O) groups excluding carboxylic acids is 1. The molecule has 0 spiro atoms. The molecule has 0 saturated carbocycles. The van der Waals surface area contributed by atoms with Gasteiger partial charge in [0.2, 0.25) is 11.7 Å². The van der Waals surface area contributed by atoms with Gasteiger partial charge in [-0.15, -0.1) is 0 Å². The Bertz CT molecular complexity index is 668. The van der Waals surface area contributed by atoms with Gasteiger partial charge in [-0.1, -0.05) is 12.1 Å². The molecule has 1 aromatic carbocycles. The van der Waals surface area contributed by atoms with Crippen molar-refractivity contribution >= 4 is 16.9 Å². The Morgan fingerprint density at radius 2 is 1.86 bits per heavy atom. The monoisotopic (exact) mass is 299 g/mol. The molecule has 1 aromatic heterocycles. The third-order valence-electron chi connectivity index (χ3n) is 2.72. The van der Waals surface area contributed by atoms with Crippen LogP contribution in [0.15, 0.2) is 24.3 Å². The van der Waals surface area contributed by atoms with E-state index in [-0.39, 0.29) is 11.0 Å². The highest BCUT2D eigenvalue weighted by molar-refractivity contribution is 5.81. The summed E-state index contributed by atoms with van der Waals surface area (Å²) in [5.41, 5.74) is -0.00597. The number of hydrogen-bond donors (Lipinski definition) is 1. The zero-order valence-corrected chi connectivity index (χ0v) is 12.0. The Kier molecular flexibility index (Phi) is 3.69. The maximum absolute atomic E-state index is 13.1. The number of imidazole rings is 1. The molecule has 1 N–H and O–H groups in total. The number of para-hydroxylation sites is 2. The Morgan fingerprint density at radius 3 is 2.43 bits per heavy atom. The molecule has 1 heterocycles. The van der Waals surface area contributed by atoms with Crippen molar-refractivity contribution in [3.8, 4) is 0 Å². The van der Waals surface area contributed by atoms with Crippen LogP contribution >= 0.6 is 0 Å². The molecule has 1 amide bonds. The quantitative estimate of drug-likeness (QED) is 0.926. The van der Waals surface area contributed by atoms with Crippen LogP contribution < -0.4 is 5.32 Å². The summed E-state index contributed by atoms with van der Waals surface area (Å²) in [5, 5.41) is 2.65. The molecule has 114 valence electrons. The molecule has 2 aromatic rings. The lowest BCUT2D eigenvalue weighted by Gasteiger charge is -2.21. The second kappa shape index (κ2) is 5.05. The van der Waals surface area contributed by atoms with Crippen LogP contribution in [0.5, 0.6) is 0 Å². The molecule has 7 heteroatoms. The molecule has 0 atom stereocenters. The van der Waals surface area contributed by atoms with Gasteiger partial charge in [0, 0.05) is 5.54 Å². The van der Waals surface area contributed by atoms with Crippen LogP contribution in [0.4, 0.5) is 13.2 Å². The van der Waals surface area contributed by atoms with E-state index in [0.29, 0.717) is 0 Å². The Labute approximate surface area is 120 Å². The number of halogens is 3. The van der Waals surface area contributed by atoms with Crippen molar-refractivity contribution in [2.45, 2.75) is 39.0 Å². The zero-order valence-electron chi connectivity index (χ0n) is 12.0. The van der Waals surface area contributed by atoms with Gasteiger partial charge in [-0.2, -0.15) is 13.2 Å². The van der Waals surface area contributed by atoms with E-state index >= 15 is 0 Å². The number of aromatic nitrogens is 2. The van der Waals surface area contributed by atoms with Crippen molar-refractivity contribution in [2.24, 2.45) is 0 Å². The normalized spacial score (nSPS) is 12.7. The highest BCUT2D eigenvalue weighted by Crippen LogP contribution is 2.31. The lowest BCUT2D eigenvalue weighted by atomic mass is 10.1. The Hall–Kier alpha value is -2.05. The van der Waals surface area contributed by atoms with Gasteiger partial charge in [0.05, 0.1) is 11.0 Å². The van der Waals surface area contributed by atoms with Crippen molar-refractivity contribution in [3.05, 3.63) is 30.1 Å². The van der Waals surface area contributed by atoms with Gasteiger partial charge >= 0.3 is 6.18 Å². The van der Waals surface area contributed by atoms with Crippen LogP contribution in [-0.4, -0.2) is 21.0 Å². The molecular formula is C14H16F3N3O. The van der Waals surface area contributed by atoms with E-state index in [1.54, 1.807) is 32.9 Å².